The summed E-state index contributed by atoms with van der Waals surface area (Å²) in [6.07, 6.45) is 8.91. The molecule has 1 unspecified atom stereocenters. The van der Waals surface area contributed by atoms with Crippen LogP contribution < -0.4 is 5.73 Å². The zero-order valence-electron chi connectivity index (χ0n) is 9.05. The molecule has 1 saturated carbocycles. The third-order valence-electron chi connectivity index (χ3n) is 3.14. The van der Waals surface area contributed by atoms with Gasteiger partial charge >= 0.3 is 0 Å². The first-order valence-electron chi connectivity index (χ1n) is 5.62. The maximum absolute atomic E-state index is 5.50. The van der Waals surface area contributed by atoms with Crippen LogP contribution in [0.1, 0.15) is 46.0 Å². The van der Waals surface area contributed by atoms with E-state index in [0.29, 0.717) is 0 Å². The van der Waals surface area contributed by atoms with Gasteiger partial charge < -0.3 is 5.73 Å². The predicted molar refractivity (Wildman–Crippen MR) is 58.6 cm³/mol. The minimum atomic E-state index is 0.801. The fraction of sp³-hybridized carbons (Fsp3) is 0.833. The second-order valence-corrected chi connectivity index (χ2v) is 4.54. The number of rotatable bonds is 3. The summed E-state index contributed by atoms with van der Waals surface area (Å²) in [5.41, 5.74) is 7.16. The van der Waals surface area contributed by atoms with Gasteiger partial charge in [0, 0.05) is 0 Å². The van der Waals surface area contributed by atoms with E-state index in [1.165, 1.54) is 25.7 Å². The molecule has 1 nitrogen and oxygen atoms in total. The first-order valence-corrected chi connectivity index (χ1v) is 5.62. The van der Waals surface area contributed by atoms with Crippen molar-refractivity contribution in [2.24, 2.45) is 17.6 Å². The molecule has 2 N–H and O–H groups in total. The first-order chi connectivity index (χ1) is 6.24. The predicted octanol–water partition coefficient (Wildman–Crippen LogP) is 3.11. The fourth-order valence-electron chi connectivity index (χ4n) is 2.17. The lowest BCUT2D eigenvalue weighted by Crippen LogP contribution is -2.14. The van der Waals surface area contributed by atoms with Crippen molar-refractivity contribution in [2.45, 2.75) is 46.0 Å². The lowest BCUT2D eigenvalue weighted by atomic mass is 9.79. The van der Waals surface area contributed by atoms with Crippen LogP contribution in [0.3, 0.4) is 0 Å². The molecule has 1 heteroatoms. The Morgan fingerprint density at radius 2 is 2.31 bits per heavy atom. The SMILES string of the molecule is CC(C)C1CCCC(=CCCN)C1. The van der Waals surface area contributed by atoms with Gasteiger partial charge in [0.25, 0.3) is 0 Å². The molecule has 0 radical (unpaired) electrons. The lowest BCUT2D eigenvalue weighted by molar-refractivity contribution is 0.319. The molecule has 1 rings (SSSR count). The lowest BCUT2D eigenvalue weighted by Gasteiger charge is -2.27. The van der Waals surface area contributed by atoms with Crippen molar-refractivity contribution < 1.29 is 0 Å². The molecule has 1 atom stereocenters. The second kappa shape index (κ2) is 5.43. The smallest absolute Gasteiger partial charge is 0.00425 e. The third kappa shape index (κ3) is 3.51. The van der Waals surface area contributed by atoms with Gasteiger partial charge in [0.05, 0.1) is 0 Å². The Bertz CT molecular complexity index is 170. The topological polar surface area (TPSA) is 26.0 Å². The van der Waals surface area contributed by atoms with Crippen LogP contribution in [0.15, 0.2) is 11.6 Å². The molecular formula is C12H23N. The van der Waals surface area contributed by atoms with Crippen LogP contribution in [0.25, 0.3) is 0 Å². The highest BCUT2D eigenvalue weighted by Crippen LogP contribution is 2.33. The van der Waals surface area contributed by atoms with Gasteiger partial charge in [-0.25, -0.2) is 0 Å². The van der Waals surface area contributed by atoms with E-state index in [9.17, 15) is 0 Å². The largest absolute Gasteiger partial charge is 0.330 e. The van der Waals surface area contributed by atoms with Gasteiger partial charge in [-0.15, -0.1) is 0 Å². The molecule has 0 bridgehead atoms. The van der Waals surface area contributed by atoms with Gasteiger partial charge in [-0.1, -0.05) is 25.5 Å². The van der Waals surface area contributed by atoms with Crippen molar-refractivity contribution in [3.05, 3.63) is 11.6 Å². The monoisotopic (exact) mass is 181 g/mol. The Morgan fingerprint density at radius 3 is 2.92 bits per heavy atom. The molecule has 0 aromatic rings. The van der Waals surface area contributed by atoms with Crippen molar-refractivity contribution in [2.75, 3.05) is 6.54 Å². The summed E-state index contributed by atoms with van der Waals surface area (Å²) in [5, 5.41) is 0. The van der Waals surface area contributed by atoms with Gasteiger partial charge in [-0.05, 0) is 50.5 Å². The van der Waals surface area contributed by atoms with Gasteiger partial charge in [-0.3, -0.25) is 0 Å². The minimum absolute atomic E-state index is 0.801. The van der Waals surface area contributed by atoms with E-state index in [0.717, 1.165) is 24.8 Å². The zero-order valence-corrected chi connectivity index (χ0v) is 9.05. The Morgan fingerprint density at radius 1 is 1.54 bits per heavy atom. The van der Waals surface area contributed by atoms with Gasteiger partial charge in [0.1, 0.15) is 0 Å². The van der Waals surface area contributed by atoms with Gasteiger partial charge in [0.2, 0.25) is 0 Å². The zero-order chi connectivity index (χ0) is 9.68. The van der Waals surface area contributed by atoms with E-state index in [2.05, 4.69) is 19.9 Å². The summed E-state index contributed by atoms with van der Waals surface area (Å²) in [6, 6.07) is 0. The number of hydrogen-bond acceptors (Lipinski definition) is 1. The second-order valence-electron chi connectivity index (χ2n) is 4.54. The van der Waals surface area contributed by atoms with Crippen molar-refractivity contribution in [3.63, 3.8) is 0 Å². The van der Waals surface area contributed by atoms with E-state index >= 15 is 0 Å². The molecule has 0 amide bonds. The van der Waals surface area contributed by atoms with E-state index in [1.807, 2.05) is 0 Å². The van der Waals surface area contributed by atoms with Crippen LogP contribution in [-0.4, -0.2) is 6.54 Å². The maximum Gasteiger partial charge on any atom is -0.00425 e. The minimum Gasteiger partial charge on any atom is -0.330 e. The molecule has 1 aliphatic rings. The van der Waals surface area contributed by atoms with Crippen molar-refractivity contribution in [1.29, 1.82) is 0 Å². The molecule has 0 aromatic heterocycles. The highest BCUT2D eigenvalue weighted by atomic mass is 14.5. The Hall–Kier alpha value is -0.300. The third-order valence-corrected chi connectivity index (χ3v) is 3.14. The summed E-state index contributed by atoms with van der Waals surface area (Å²) < 4.78 is 0. The number of hydrogen-bond donors (Lipinski definition) is 1. The Balaban J connectivity index is 2.41. The molecule has 13 heavy (non-hydrogen) atoms. The summed E-state index contributed by atoms with van der Waals surface area (Å²) in [4.78, 5) is 0. The van der Waals surface area contributed by atoms with Crippen LogP contribution in [0.5, 0.6) is 0 Å². The van der Waals surface area contributed by atoms with Crippen LogP contribution in [0.4, 0.5) is 0 Å². The van der Waals surface area contributed by atoms with E-state index < -0.39 is 0 Å². The molecule has 0 aromatic carbocycles. The van der Waals surface area contributed by atoms with Gasteiger partial charge in [-0.2, -0.15) is 0 Å². The summed E-state index contributed by atoms with van der Waals surface area (Å²) in [6.45, 7) is 5.49. The van der Waals surface area contributed by atoms with E-state index in [1.54, 1.807) is 5.57 Å². The average Bonchev–Trinajstić information content (AvgIpc) is 2.15. The quantitative estimate of drug-likeness (QED) is 0.665. The molecule has 0 saturated heterocycles. The summed E-state index contributed by atoms with van der Waals surface area (Å²) in [7, 11) is 0. The van der Waals surface area contributed by atoms with Crippen LogP contribution in [-0.2, 0) is 0 Å². The number of allylic oxidation sites excluding steroid dienone is 1. The van der Waals surface area contributed by atoms with E-state index in [-0.39, 0.29) is 0 Å². The molecule has 0 heterocycles. The van der Waals surface area contributed by atoms with Crippen LogP contribution >= 0.6 is 0 Å². The van der Waals surface area contributed by atoms with Crippen LogP contribution in [0.2, 0.25) is 0 Å². The molecule has 0 aliphatic heterocycles. The fourth-order valence-corrected chi connectivity index (χ4v) is 2.17. The standard InChI is InChI=1S/C12H23N/c1-10(2)12-7-3-5-11(9-12)6-4-8-13/h6,10,12H,3-5,7-9,13H2,1-2H3. The highest BCUT2D eigenvalue weighted by Gasteiger charge is 2.19. The normalized spacial score (nSPS) is 27.1. The molecule has 1 fully saturated rings. The van der Waals surface area contributed by atoms with Crippen molar-refractivity contribution in [1.82, 2.24) is 0 Å². The van der Waals surface area contributed by atoms with Crippen molar-refractivity contribution in [3.8, 4) is 0 Å². The maximum atomic E-state index is 5.50. The number of nitrogens with two attached hydrogens (primary N) is 1. The average molecular weight is 181 g/mol. The Labute approximate surface area is 82.4 Å². The molecule has 0 spiro atoms. The Kier molecular flexibility index (Phi) is 4.51. The summed E-state index contributed by atoms with van der Waals surface area (Å²) >= 11 is 0. The van der Waals surface area contributed by atoms with Crippen molar-refractivity contribution >= 4 is 0 Å². The van der Waals surface area contributed by atoms with Gasteiger partial charge in [0.15, 0.2) is 0 Å². The summed E-state index contributed by atoms with van der Waals surface area (Å²) in [5.74, 6) is 1.78. The van der Waals surface area contributed by atoms with E-state index in [4.69, 9.17) is 5.73 Å². The molecule has 1 aliphatic carbocycles. The highest BCUT2D eigenvalue weighted by molar-refractivity contribution is 5.06. The first kappa shape index (κ1) is 10.8. The van der Waals surface area contributed by atoms with Crippen LogP contribution in [0, 0.1) is 11.8 Å². The molecule has 76 valence electrons. The molecular weight excluding hydrogens is 158 g/mol.